The van der Waals surface area contributed by atoms with E-state index in [1.54, 1.807) is 7.11 Å². The quantitative estimate of drug-likeness (QED) is 0.773. The molecular formula is C11H13NO3. The molecule has 0 aromatic heterocycles. The predicted octanol–water partition coefficient (Wildman–Crippen LogP) is 1.60. The largest absolute Gasteiger partial charge is 0.495 e. The van der Waals surface area contributed by atoms with Crippen LogP contribution in [0.15, 0.2) is 12.1 Å². The average molecular weight is 207 g/mol. The van der Waals surface area contributed by atoms with Crippen molar-refractivity contribution in [2.45, 2.75) is 12.8 Å². The van der Waals surface area contributed by atoms with Crippen molar-refractivity contribution in [3.8, 4) is 5.75 Å². The molecule has 4 heteroatoms. The third-order valence-corrected chi connectivity index (χ3v) is 2.65. The molecule has 1 aromatic carbocycles. The zero-order valence-electron chi connectivity index (χ0n) is 8.70. The Morgan fingerprint density at radius 1 is 1.60 bits per heavy atom. The van der Waals surface area contributed by atoms with Crippen molar-refractivity contribution >= 4 is 11.7 Å². The zero-order valence-corrected chi connectivity index (χ0v) is 8.70. The summed E-state index contributed by atoms with van der Waals surface area (Å²) in [6, 6.07) is 3.80. The molecule has 2 rings (SSSR count). The number of ether oxygens (including phenoxy) is 1. The van der Waals surface area contributed by atoms with E-state index >= 15 is 0 Å². The summed E-state index contributed by atoms with van der Waals surface area (Å²) in [5, 5.41) is 12.1. The summed E-state index contributed by atoms with van der Waals surface area (Å²) >= 11 is 0. The number of carboxylic acids is 1. The molecule has 1 heterocycles. The summed E-state index contributed by atoms with van der Waals surface area (Å²) in [5.41, 5.74) is 2.65. The van der Waals surface area contributed by atoms with Crippen LogP contribution in [0.4, 0.5) is 5.69 Å². The van der Waals surface area contributed by atoms with Crippen LogP contribution in [0.25, 0.3) is 0 Å². The molecule has 0 bridgehead atoms. The number of nitrogens with one attached hydrogen (secondary N) is 1. The van der Waals surface area contributed by atoms with Crippen LogP contribution in [0, 0.1) is 6.92 Å². The number of anilines is 1. The minimum absolute atomic E-state index is 0.435. The van der Waals surface area contributed by atoms with Crippen molar-refractivity contribution in [3.05, 3.63) is 23.3 Å². The number of benzene rings is 1. The van der Waals surface area contributed by atoms with Gasteiger partial charge < -0.3 is 15.2 Å². The molecule has 0 radical (unpaired) electrons. The van der Waals surface area contributed by atoms with E-state index in [9.17, 15) is 4.79 Å². The standard InChI is InChI=1S/C11H13NO3/c1-6-3-7-8(11(13)14)5-12-10(7)9(4-6)15-2/h3-4,8,12H,5H2,1-2H3,(H,13,14). The van der Waals surface area contributed by atoms with Crippen molar-refractivity contribution < 1.29 is 14.6 Å². The first-order valence-electron chi connectivity index (χ1n) is 4.78. The van der Waals surface area contributed by atoms with E-state index in [1.807, 2.05) is 19.1 Å². The molecule has 0 fully saturated rings. The van der Waals surface area contributed by atoms with Gasteiger partial charge in [-0.05, 0) is 24.1 Å². The van der Waals surface area contributed by atoms with Crippen molar-refractivity contribution in [2.24, 2.45) is 0 Å². The number of carboxylic acid groups (broad SMARTS) is 1. The van der Waals surface area contributed by atoms with Crippen molar-refractivity contribution in [1.29, 1.82) is 0 Å². The lowest BCUT2D eigenvalue weighted by Crippen LogP contribution is -2.13. The molecule has 4 nitrogen and oxygen atoms in total. The van der Waals surface area contributed by atoms with Crippen LogP contribution < -0.4 is 10.1 Å². The van der Waals surface area contributed by atoms with Gasteiger partial charge in [0.2, 0.25) is 0 Å². The number of hydrogen-bond acceptors (Lipinski definition) is 3. The van der Waals surface area contributed by atoms with Crippen LogP contribution in [0.5, 0.6) is 5.75 Å². The number of rotatable bonds is 2. The first-order valence-corrected chi connectivity index (χ1v) is 4.78. The Kier molecular flexibility index (Phi) is 2.26. The molecule has 0 amide bonds. The summed E-state index contributed by atoms with van der Waals surface area (Å²) < 4.78 is 5.21. The lowest BCUT2D eigenvalue weighted by molar-refractivity contribution is -0.138. The molecule has 2 N–H and O–H groups in total. The Morgan fingerprint density at radius 2 is 2.33 bits per heavy atom. The third-order valence-electron chi connectivity index (χ3n) is 2.65. The van der Waals surface area contributed by atoms with Gasteiger partial charge in [0.15, 0.2) is 0 Å². The highest BCUT2D eigenvalue weighted by molar-refractivity contribution is 5.84. The second-order valence-electron chi connectivity index (χ2n) is 3.70. The second kappa shape index (κ2) is 3.46. The maximum absolute atomic E-state index is 11.0. The van der Waals surface area contributed by atoms with Crippen LogP contribution in [0.2, 0.25) is 0 Å². The number of aryl methyl sites for hydroxylation is 1. The second-order valence-corrected chi connectivity index (χ2v) is 3.70. The molecule has 1 atom stereocenters. The molecule has 80 valence electrons. The van der Waals surface area contributed by atoms with Crippen molar-refractivity contribution in [2.75, 3.05) is 19.0 Å². The minimum Gasteiger partial charge on any atom is -0.495 e. The van der Waals surface area contributed by atoms with Crippen LogP contribution in [-0.2, 0) is 4.79 Å². The highest BCUT2D eigenvalue weighted by atomic mass is 16.5. The third kappa shape index (κ3) is 1.52. The Bertz CT molecular complexity index is 415. The van der Waals surface area contributed by atoms with Gasteiger partial charge in [-0.25, -0.2) is 0 Å². The molecule has 1 unspecified atom stereocenters. The number of aliphatic carboxylic acids is 1. The lowest BCUT2D eigenvalue weighted by atomic mass is 9.99. The highest BCUT2D eigenvalue weighted by Gasteiger charge is 2.30. The van der Waals surface area contributed by atoms with Gasteiger partial charge in [0.05, 0.1) is 12.8 Å². The molecule has 1 aliphatic heterocycles. The van der Waals surface area contributed by atoms with E-state index in [4.69, 9.17) is 9.84 Å². The van der Waals surface area contributed by atoms with Gasteiger partial charge in [0, 0.05) is 6.54 Å². The summed E-state index contributed by atoms with van der Waals surface area (Å²) in [4.78, 5) is 11.0. The van der Waals surface area contributed by atoms with Crippen molar-refractivity contribution in [1.82, 2.24) is 0 Å². The number of fused-ring (bicyclic) bond motifs is 1. The van der Waals surface area contributed by atoms with E-state index < -0.39 is 11.9 Å². The average Bonchev–Trinajstić information content (AvgIpc) is 2.59. The molecule has 0 spiro atoms. The Hall–Kier alpha value is -1.71. The molecule has 1 aromatic rings. The predicted molar refractivity (Wildman–Crippen MR) is 56.6 cm³/mol. The molecule has 0 aliphatic carbocycles. The van der Waals surface area contributed by atoms with E-state index in [1.165, 1.54) is 0 Å². The van der Waals surface area contributed by atoms with E-state index in [2.05, 4.69) is 5.32 Å². The Labute approximate surface area is 87.9 Å². The summed E-state index contributed by atoms with van der Waals surface area (Å²) in [5.74, 6) is -0.545. The summed E-state index contributed by atoms with van der Waals surface area (Å²) in [7, 11) is 1.59. The fraction of sp³-hybridized carbons (Fsp3) is 0.364. The fourth-order valence-electron chi connectivity index (χ4n) is 1.94. The van der Waals surface area contributed by atoms with Crippen LogP contribution >= 0.6 is 0 Å². The molecule has 0 saturated heterocycles. The Balaban J connectivity index is 2.53. The number of methoxy groups -OCH3 is 1. The first kappa shape index (κ1) is 9.83. The SMILES string of the molecule is COc1cc(C)cc2c1NCC2C(=O)O. The van der Waals surface area contributed by atoms with Crippen LogP contribution in [-0.4, -0.2) is 24.7 Å². The van der Waals surface area contributed by atoms with Crippen LogP contribution in [0.3, 0.4) is 0 Å². The number of carbonyl (C=O) groups is 1. The van der Waals surface area contributed by atoms with E-state index in [0.29, 0.717) is 12.3 Å². The first-order chi connectivity index (χ1) is 7.13. The molecular weight excluding hydrogens is 194 g/mol. The molecule has 15 heavy (non-hydrogen) atoms. The topological polar surface area (TPSA) is 58.6 Å². The summed E-state index contributed by atoms with van der Waals surface area (Å²) in [6.07, 6.45) is 0. The maximum Gasteiger partial charge on any atom is 0.312 e. The molecule has 0 saturated carbocycles. The smallest absolute Gasteiger partial charge is 0.312 e. The zero-order chi connectivity index (χ0) is 11.0. The van der Waals surface area contributed by atoms with Gasteiger partial charge in [-0.3, -0.25) is 4.79 Å². The Morgan fingerprint density at radius 3 is 2.93 bits per heavy atom. The van der Waals surface area contributed by atoms with E-state index in [0.717, 1.165) is 16.8 Å². The van der Waals surface area contributed by atoms with Gasteiger partial charge in [0.1, 0.15) is 11.7 Å². The monoisotopic (exact) mass is 207 g/mol. The molecule has 1 aliphatic rings. The minimum atomic E-state index is -0.797. The van der Waals surface area contributed by atoms with Gasteiger partial charge in [0.25, 0.3) is 0 Å². The maximum atomic E-state index is 11.0. The van der Waals surface area contributed by atoms with Crippen molar-refractivity contribution in [3.63, 3.8) is 0 Å². The number of hydrogen-bond donors (Lipinski definition) is 2. The van der Waals surface area contributed by atoms with Gasteiger partial charge >= 0.3 is 5.97 Å². The normalized spacial score (nSPS) is 18.1. The van der Waals surface area contributed by atoms with E-state index in [-0.39, 0.29) is 0 Å². The van der Waals surface area contributed by atoms with Gasteiger partial charge in [-0.1, -0.05) is 6.07 Å². The van der Waals surface area contributed by atoms with Crippen LogP contribution in [0.1, 0.15) is 17.0 Å². The fourth-order valence-corrected chi connectivity index (χ4v) is 1.94. The summed E-state index contributed by atoms with van der Waals surface area (Å²) in [6.45, 7) is 2.37. The lowest BCUT2D eigenvalue weighted by Gasteiger charge is -2.09. The van der Waals surface area contributed by atoms with Gasteiger partial charge in [-0.15, -0.1) is 0 Å². The highest BCUT2D eigenvalue weighted by Crippen LogP contribution is 2.39. The van der Waals surface area contributed by atoms with Gasteiger partial charge in [-0.2, -0.15) is 0 Å².